The first-order chi connectivity index (χ1) is 14.7. The Kier molecular flexibility index (Phi) is 7.33. The second kappa shape index (κ2) is 9.96. The molecule has 3 aromatic carbocycles. The molecule has 160 valence electrons. The van der Waals surface area contributed by atoms with Gasteiger partial charge in [0.1, 0.15) is 0 Å². The van der Waals surface area contributed by atoms with Crippen molar-refractivity contribution in [3.05, 3.63) is 99.5 Å². The Labute approximate surface area is 191 Å². The van der Waals surface area contributed by atoms with Gasteiger partial charge in [0.25, 0.3) is 5.91 Å². The molecule has 6 nitrogen and oxygen atoms in total. The molecule has 0 aliphatic rings. The molecule has 0 aliphatic carbocycles. The molecule has 0 atom stereocenters. The van der Waals surface area contributed by atoms with Gasteiger partial charge < -0.3 is 0 Å². The summed E-state index contributed by atoms with van der Waals surface area (Å²) in [5.74, 6) is -0.443. The maximum atomic E-state index is 12.3. The molecule has 1 amide bonds. The van der Waals surface area contributed by atoms with Crippen molar-refractivity contribution in [3.63, 3.8) is 0 Å². The molecule has 0 saturated heterocycles. The number of nitrogens with one attached hydrogen (secondary N) is 1. The van der Waals surface area contributed by atoms with Crippen molar-refractivity contribution in [2.75, 3.05) is 10.6 Å². The molecule has 0 saturated carbocycles. The third-order valence-electron chi connectivity index (χ3n) is 4.32. The number of carbonyl (C=O) groups is 1. The Hall–Kier alpha value is -2.87. The minimum Gasteiger partial charge on any atom is -0.267 e. The lowest BCUT2D eigenvalue weighted by Crippen LogP contribution is -2.29. The van der Waals surface area contributed by atoms with Crippen molar-refractivity contribution in [2.24, 2.45) is 5.10 Å². The number of hydrazone groups is 1. The largest absolute Gasteiger partial charge is 0.271 e. The van der Waals surface area contributed by atoms with Crippen molar-refractivity contribution in [3.8, 4) is 0 Å². The van der Waals surface area contributed by atoms with E-state index in [1.165, 1.54) is 10.5 Å². The molecule has 0 aromatic heterocycles. The summed E-state index contributed by atoms with van der Waals surface area (Å²) in [4.78, 5) is 12.3. The smallest absolute Gasteiger partial charge is 0.267 e. The number of carbonyl (C=O) groups excluding carboxylic acids is 1. The Morgan fingerprint density at radius 3 is 2.32 bits per heavy atom. The lowest BCUT2D eigenvalue weighted by atomic mass is 10.2. The van der Waals surface area contributed by atoms with Crippen LogP contribution in [0.3, 0.4) is 0 Å². The molecular formula is C22H19Cl2N3O3S. The summed E-state index contributed by atoms with van der Waals surface area (Å²) >= 11 is 11.9. The minimum atomic E-state index is -3.51. The number of nitrogens with zero attached hydrogens (tertiary/aromatic N) is 2. The van der Waals surface area contributed by atoms with Gasteiger partial charge in [0, 0.05) is 16.1 Å². The number of benzene rings is 3. The molecule has 0 fully saturated rings. The van der Waals surface area contributed by atoms with Crippen LogP contribution in [0.15, 0.2) is 77.9 Å². The molecular weight excluding hydrogens is 457 g/mol. The van der Waals surface area contributed by atoms with Gasteiger partial charge in [-0.1, -0.05) is 59.6 Å². The summed E-state index contributed by atoms with van der Waals surface area (Å²) < 4.78 is 25.9. The van der Waals surface area contributed by atoms with Crippen LogP contribution in [0.1, 0.15) is 21.5 Å². The number of sulfonamides is 1. The van der Waals surface area contributed by atoms with Crippen LogP contribution in [0.4, 0.5) is 5.69 Å². The SMILES string of the molecule is CS(=O)(=O)N(Cc1ccccc1)c1ccc(C(=O)NN=Cc2ccc(Cl)cc2Cl)cc1. The maximum Gasteiger partial charge on any atom is 0.271 e. The Morgan fingerprint density at radius 2 is 1.71 bits per heavy atom. The highest BCUT2D eigenvalue weighted by Crippen LogP contribution is 2.22. The van der Waals surface area contributed by atoms with Gasteiger partial charge >= 0.3 is 0 Å². The predicted molar refractivity (Wildman–Crippen MR) is 125 cm³/mol. The number of rotatable bonds is 7. The van der Waals surface area contributed by atoms with Crippen LogP contribution in [-0.4, -0.2) is 26.8 Å². The monoisotopic (exact) mass is 475 g/mol. The van der Waals surface area contributed by atoms with Crippen molar-refractivity contribution in [1.29, 1.82) is 0 Å². The summed E-state index contributed by atoms with van der Waals surface area (Å²) in [7, 11) is -3.51. The summed E-state index contributed by atoms with van der Waals surface area (Å²) in [6, 6.07) is 20.4. The first kappa shape index (κ1) is 22.8. The third-order valence-corrected chi connectivity index (χ3v) is 6.02. The van der Waals surface area contributed by atoms with Crippen molar-refractivity contribution in [1.82, 2.24) is 5.43 Å². The topological polar surface area (TPSA) is 78.8 Å². The highest BCUT2D eigenvalue weighted by Gasteiger charge is 2.18. The fourth-order valence-electron chi connectivity index (χ4n) is 2.76. The van der Waals surface area contributed by atoms with E-state index >= 15 is 0 Å². The summed E-state index contributed by atoms with van der Waals surface area (Å²) in [6.45, 7) is 0.192. The third kappa shape index (κ3) is 6.30. The minimum absolute atomic E-state index is 0.192. The summed E-state index contributed by atoms with van der Waals surface area (Å²) in [5, 5.41) is 4.82. The normalized spacial score (nSPS) is 11.5. The van der Waals surface area contributed by atoms with E-state index in [-0.39, 0.29) is 6.54 Å². The molecule has 0 aliphatic heterocycles. The van der Waals surface area contributed by atoms with Crippen LogP contribution < -0.4 is 9.73 Å². The van der Waals surface area contributed by atoms with E-state index in [4.69, 9.17) is 23.2 Å². The van der Waals surface area contributed by atoms with Crippen LogP contribution in [0.2, 0.25) is 10.0 Å². The summed E-state index contributed by atoms with van der Waals surface area (Å²) in [6.07, 6.45) is 2.56. The molecule has 31 heavy (non-hydrogen) atoms. The van der Waals surface area contributed by atoms with Gasteiger partial charge in [0.2, 0.25) is 10.0 Å². The van der Waals surface area contributed by atoms with Crippen LogP contribution >= 0.6 is 23.2 Å². The van der Waals surface area contributed by atoms with Gasteiger partial charge in [-0.05, 0) is 42.0 Å². The van der Waals surface area contributed by atoms with E-state index in [1.807, 2.05) is 30.3 Å². The van der Waals surface area contributed by atoms with E-state index < -0.39 is 15.9 Å². The number of hydrogen-bond donors (Lipinski definition) is 1. The van der Waals surface area contributed by atoms with Crippen LogP contribution in [0.5, 0.6) is 0 Å². The van der Waals surface area contributed by atoms with Crippen LogP contribution in [0.25, 0.3) is 0 Å². The fraction of sp³-hybridized carbons (Fsp3) is 0.0909. The van der Waals surface area contributed by atoms with E-state index in [0.717, 1.165) is 11.8 Å². The Balaban J connectivity index is 1.71. The zero-order valence-electron chi connectivity index (χ0n) is 16.5. The quantitative estimate of drug-likeness (QED) is 0.396. The van der Waals surface area contributed by atoms with Crippen LogP contribution in [0, 0.1) is 0 Å². The van der Waals surface area contributed by atoms with E-state index in [1.54, 1.807) is 42.5 Å². The molecule has 0 unspecified atom stereocenters. The second-order valence-corrected chi connectivity index (χ2v) is 9.42. The number of amides is 1. The first-order valence-corrected chi connectivity index (χ1v) is 11.7. The molecule has 1 N–H and O–H groups in total. The number of hydrogen-bond acceptors (Lipinski definition) is 4. The second-order valence-electron chi connectivity index (χ2n) is 6.67. The van der Waals surface area contributed by atoms with Gasteiger partial charge in [0.05, 0.1) is 29.7 Å². The van der Waals surface area contributed by atoms with Gasteiger partial charge in [0.15, 0.2) is 0 Å². The molecule has 0 spiro atoms. The lowest BCUT2D eigenvalue weighted by molar-refractivity contribution is 0.0955. The average molecular weight is 476 g/mol. The van der Waals surface area contributed by atoms with Gasteiger partial charge in [-0.3, -0.25) is 9.10 Å². The lowest BCUT2D eigenvalue weighted by Gasteiger charge is -2.22. The average Bonchev–Trinajstić information content (AvgIpc) is 2.73. The standard InChI is InChI=1S/C22H19Cl2N3O3S/c1-31(29,30)27(15-16-5-3-2-4-6-16)20-11-8-17(9-12-20)22(28)26-25-14-18-7-10-19(23)13-21(18)24/h2-14H,15H2,1H3,(H,26,28). The van der Waals surface area contributed by atoms with Crippen LogP contribution in [-0.2, 0) is 16.6 Å². The highest BCUT2D eigenvalue weighted by molar-refractivity contribution is 7.92. The molecule has 3 aromatic rings. The van der Waals surface area contributed by atoms with Gasteiger partial charge in [-0.25, -0.2) is 13.8 Å². The zero-order chi connectivity index (χ0) is 22.4. The number of halogens is 2. The Morgan fingerprint density at radius 1 is 1.03 bits per heavy atom. The number of anilines is 1. The van der Waals surface area contributed by atoms with Gasteiger partial charge in [-0.15, -0.1) is 0 Å². The predicted octanol–water partition coefficient (Wildman–Crippen LogP) is 4.72. The summed E-state index contributed by atoms with van der Waals surface area (Å²) in [5.41, 5.74) is 4.66. The molecule has 3 rings (SSSR count). The van der Waals surface area contributed by atoms with Crippen molar-refractivity contribution < 1.29 is 13.2 Å². The highest BCUT2D eigenvalue weighted by atomic mass is 35.5. The van der Waals surface area contributed by atoms with Gasteiger partial charge in [-0.2, -0.15) is 5.10 Å². The molecule has 0 bridgehead atoms. The zero-order valence-corrected chi connectivity index (χ0v) is 18.8. The molecule has 0 radical (unpaired) electrons. The fourth-order valence-corrected chi connectivity index (χ4v) is 4.11. The maximum absolute atomic E-state index is 12.3. The van der Waals surface area contributed by atoms with E-state index in [2.05, 4.69) is 10.5 Å². The Bertz CT molecular complexity index is 1200. The van der Waals surface area contributed by atoms with E-state index in [9.17, 15) is 13.2 Å². The van der Waals surface area contributed by atoms with E-state index in [0.29, 0.717) is 26.9 Å². The van der Waals surface area contributed by atoms with Crippen molar-refractivity contribution in [2.45, 2.75) is 6.54 Å². The molecule has 9 heteroatoms. The first-order valence-electron chi connectivity index (χ1n) is 9.14. The van der Waals surface area contributed by atoms with Crippen molar-refractivity contribution >= 4 is 51.0 Å². The molecule has 0 heterocycles.